The number of aromatic nitrogens is 1. The highest BCUT2D eigenvalue weighted by Gasteiger charge is 2.52. The zero-order valence-corrected chi connectivity index (χ0v) is 14.9. The Hall–Kier alpha value is -2.30. The third kappa shape index (κ3) is 2.81. The van der Waals surface area contributed by atoms with Crippen LogP contribution in [0.4, 0.5) is 10.5 Å². The number of carbonyl (C=O) groups is 1. The van der Waals surface area contributed by atoms with Gasteiger partial charge in [-0.25, -0.2) is 4.79 Å². The normalized spacial score (nSPS) is 17.2. The molecule has 0 unspecified atom stereocenters. The van der Waals surface area contributed by atoms with Crippen LogP contribution < -0.4 is 10.2 Å². The molecule has 2 aromatic rings. The van der Waals surface area contributed by atoms with E-state index < -0.39 is 0 Å². The topological polar surface area (TPSA) is 58.4 Å². The van der Waals surface area contributed by atoms with Gasteiger partial charge < -0.3 is 9.84 Å². The molecule has 5 nitrogen and oxygen atoms in total. The first kappa shape index (κ1) is 16.2. The Morgan fingerprint density at radius 2 is 2.08 bits per heavy atom. The van der Waals surface area contributed by atoms with Crippen LogP contribution in [0.15, 0.2) is 34.9 Å². The molecular weight excluding hydrogens is 314 g/mol. The van der Waals surface area contributed by atoms with Crippen molar-refractivity contribution in [2.75, 3.05) is 11.4 Å². The number of nitrogens with zero attached hydrogens (tertiary/aromatic N) is 2. The van der Waals surface area contributed by atoms with Crippen LogP contribution in [0.3, 0.4) is 0 Å². The van der Waals surface area contributed by atoms with Gasteiger partial charge in [0.2, 0.25) is 0 Å². The van der Waals surface area contributed by atoms with Crippen molar-refractivity contribution in [3.05, 3.63) is 47.3 Å². The summed E-state index contributed by atoms with van der Waals surface area (Å²) >= 11 is 0. The number of carbonyl (C=O) groups excluding carboxylic acids is 1. The summed E-state index contributed by atoms with van der Waals surface area (Å²) in [7, 11) is 0. The molecule has 1 aromatic heterocycles. The highest BCUT2D eigenvalue weighted by Crippen LogP contribution is 2.56. The molecular formula is C20H25N3O2. The van der Waals surface area contributed by atoms with Crippen LogP contribution in [0, 0.1) is 0 Å². The van der Waals surface area contributed by atoms with Gasteiger partial charge in [-0.1, -0.05) is 37.2 Å². The molecule has 0 bridgehead atoms. The molecule has 1 aliphatic heterocycles. The molecule has 1 aliphatic carbocycles. The average Bonchev–Trinajstić information content (AvgIpc) is 3.14. The lowest BCUT2D eigenvalue weighted by Crippen LogP contribution is -2.39. The Morgan fingerprint density at radius 3 is 2.80 bits per heavy atom. The number of amides is 2. The van der Waals surface area contributed by atoms with Crippen molar-refractivity contribution < 1.29 is 9.32 Å². The molecule has 1 saturated carbocycles. The second kappa shape index (κ2) is 6.21. The van der Waals surface area contributed by atoms with E-state index in [1.54, 1.807) is 0 Å². The summed E-state index contributed by atoms with van der Waals surface area (Å²) in [6, 6.07) is 10.2. The van der Waals surface area contributed by atoms with Gasteiger partial charge in [-0.15, -0.1) is 0 Å². The Balaban J connectivity index is 1.42. The molecule has 0 atom stereocenters. The summed E-state index contributed by atoms with van der Waals surface area (Å²) in [6.45, 7) is 5.47. The number of hydrogen-bond acceptors (Lipinski definition) is 3. The van der Waals surface area contributed by atoms with Crippen molar-refractivity contribution in [3.8, 4) is 0 Å². The van der Waals surface area contributed by atoms with E-state index in [9.17, 15) is 4.79 Å². The first-order valence-corrected chi connectivity index (χ1v) is 9.27. The van der Waals surface area contributed by atoms with Crippen LogP contribution in [0.2, 0.25) is 0 Å². The van der Waals surface area contributed by atoms with Crippen molar-refractivity contribution in [2.45, 2.75) is 57.4 Å². The Morgan fingerprint density at radius 1 is 1.32 bits per heavy atom. The number of urea groups is 1. The molecule has 0 radical (unpaired) electrons. The van der Waals surface area contributed by atoms with Gasteiger partial charge in [0.15, 0.2) is 5.76 Å². The number of benzene rings is 1. The summed E-state index contributed by atoms with van der Waals surface area (Å²) in [6.07, 6.45) is 4.44. The maximum Gasteiger partial charge on any atom is 0.322 e. The fraction of sp³-hybridized carbons (Fsp3) is 0.500. The van der Waals surface area contributed by atoms with Crippen molar-refractivity contribution in [1.82, 2.24) is 10.5 Å². The van der Waals surface area contributed by atoms with Gasteiger partial charge in [0.1, 0.15) is 0 Å². The van der Waals surface area contributed by atoms with Gasteiger partial charge >= 0.3 is 6.03 Å². The lowest BCUT2D eigenvalue weighted by Gasteiger charge is -2.18. The molecule has 1 aromatic carbocycles. The van der Waals surface area contributed by atoms with Gasteiger partial charge in [0.05, 0.1) is 12.2 Å². The number of fused-ring (bicyclic) bond motifs is 2. The summed E-state index contributed by atoms with van der Waals surface area (Å²) in [4.78, 5) is 14.6. The smallest absolute Gasteiger partial charge is 0.322 e. The minimum absolute atomic E-state index is 0.0586. The lowest BCUT2D eigenvalue weighted by atomic mass is 9.99. The van der Waals surface area contributed by atoms with Gasteiger partial charge in [-0.2, -0.15) is 0 Å². The van der Waals surface area contributed by atoms with E-state index in [1.165, 1.54) is 18.4 Å². The van der Waals surface area contributed by atoms with E-state index in [0.29, 0.717) is 18.2 Å². The van der Waals surface area contributed by atoms with Crippen LogP contribution >= 0.6 is 0 Å². The monoisotopic (exact) mass is 339 g/mol. The number of anilines is 1. The molecule has 25 heavy (non-hydrogen) atoms. The van der Waals surface area contributed by atoms with Crippen LogP contribution in [0.5, 0.6) is 0 Å². The van der Waals surface area contributed by atoms with Gasteiger partial charge in [-0.05, 0) is 37.3 Å². The first-order valence-electron chi connectivity index (χ1n) is 9.27. The zero-order valence-electron chi connectivity index (χ0n) is 14.9. The molecule has 132 valence electrons. The van der Waals surface area contributed by atoms with Crippen molar-refractivity contribution >= 4 is 11.7 Å². The quantitative estimate of drug-likeness (QED) is 0.881. The first-order chi connectivity index (χ1) is 12.2. The Bertz CT molecular complexity index is 775. The molecule has 1 fully saturated rings. The summed E-state index contributed by atoms with van der Waals surface area (Å²) in [5, 5.41) is 7.15. The molecule has 2 amide bonds. The molecule has 5 heteroatoms. The predicted octanol–water partition coefficient (Wildman–Crippen LogP) is 4.34. The van der Waals surface area contributed by atoms with E-state index in [2.05, 4.69) is 36.5 Å². The largest absolute Gasteiger partial charge is 0.359 e. The predicted molar refractivity (Wildman–Crippen MR) is 96.8 cm³/mol. The van der Waals surface area contributed by atoms with Crippen LogP contribution in [-0.4, -0.2) is 17.7 Å². The zero-order chi connectivity index (χ0) is 17.4. The number of nitrogens with one attached hydrogen (secondary N) is 1. The average molecular weight is 339 g/mol. The summed E-state index contributed by atoms with van der Waals surface area (Å²) in [5.74, 6) is 1.14. The minimum Gasteiger partial charge on any atom is -0.359 e. The molecule has 1 N–H and O–H groups in total. The van der Waals surface area contributed by atoms with E-state index in [0.717, 1.165) is 30.8 Å². The number of hydrogen-bond donors (Lipinski definition) is 1. The Labute approximate surface area is 148 Å². The van der Waals surface area contributed by atoms with Crippen LogP contribution in [0.25, 0.3) is 0 Å². The third-order valence-electron chi connectivity index (χ3n) is 5.72. The van der Waals surface area contributed by atoms with E-state index in [1.807, 2.05) is 23.1 Å². The van der Waals surface area contributed by atoms with Crippen molar-refractivity contribution in [3.63, 3.8) is 0 Å². The molecule has 1 spiro atoms. The van der Waals surface area contributed by atoms with E-state index >= 15 is 0 Å². The van der Waals surface area contributed by atoms with Crippen LogP contribution in [0.1, 0.15) is 62.5 Å². The second-order valence-corrected chi connectivity index (χ2v) is 7.27. The van der Waals surface area contributed by atoms with Crippen molar-refractivity contribution in [2.24, 2.45) is 0 Å². The highest BCUT2D eigenvalue weighted by atomic mass is 16.5. The molecule has 2 heterocycles. The summed E-state index contributed by atoms with van der Waals surface area (Å²) in [5.41, 5.74) is 3.56. The SMILES string of the molecule is CCC(CC)c1cc(CNC(=O)N2CC3(CC3)c3ccccc32)on1. The van der Waals surface area contributed by atoms with Gasteiger partial charge in [0.25, 0.3) is 0 Å². The molecule has 2 aliphatic rings. The van der Waals surface area contributed by atoms with Gasteiger partial charge in [-0.3, -0.25) is 4.90 Å². The maximum absolute atomic E-state index is 12.7. The number of para-hydroxylation sites is 1. The second-order valence-electron chi connectivity index (χ2n) is 7.27. The molecule has 4 rings (SSSR count). The van der Waals surface area contributed by atoms with Crippen LogP contribution in [-0.2, 0) is 12.0 Å². The van der Waals surface area contributed by atoms with Gasteiger partial charge in [0, 0.05) is 29.6 Å². The Kier molecular flexibility index (Phi) is 4.02. The fourth-order valence-corrected chi connectivity index (χ4v) is 3.96. The summed E-state index contributed by atoms with van der Waals surface area (Å²) < 4.78 is 5.40. The lowest BCUT2D eigenvalue weighted by molar-refractivity contribution is 0.244. The standard InChI is InChI=1S/C20H25N3O2/c1-3-14(4-2)17-11-15(25-22-17)12-21-19(24)23-13-20(9-10-20)16-7-5-6-8-18(16)23/h5-8,11,14H,3-4,9-10,12-13H2,1-2H3,(H,21,24). The number of rotatable bonds is 5. The third-order valence-corrected chi connectivity index (χ3v) is 5.72. The molecule has 0 saturated heterocycles. The fourth-order valence-electron chi connectivity index (χ4n) is 3.96. The minimum atomic E-state index is -0.0586. The van der Waals surface area contributed by atoms with Crippen molar-refractivity contribution in [1.29, 1.82) is 0 Å². The van der Waals surface area contributed by atoms with E-state index in [-0.39, 0.29) is 11.4 Å². The van der Waals surface area contributed by atoms with E-state index in [4.69, 9.17) is 4.52 Å². The maximum atomic E-state index is 12.7. The highest BCUT2D eigenvalue weighted by molar-refractivity contribution is 5.95.